The lowest BCUT2D eigenvalue weighted by atomic mass is 9.74. The number of fused-ring (bicyclic) bond motifs is 2. The zero-order valence-electron chi connectivity index (χ0n) is 13.4. The van der Waals surface area contributed by atoms with Crippen LogP contribution in [0.1, 0.15) is 17.9 Å². The molecule has 1 aromatic carbocycles. The van der Waals surface area contributed by atoms with Crippen LogP contribution in [0.4, 0.5) is 10.1 Å². The van der Waals surface area contributed by atoms with Crippen LogP contribution in [0.5, 0.6) is 0 Å². The molecule has 1 amide bonds. The number of aromatic nitrogens is 1. The molecule has 1 aromatic heterocycles. The number of aliphatic hydroxyl groups excluding tert-OH is 1. The van der Waals surface area contributed by atoms with Gasteiger partial charge in [0.15, 0.2) is 0 Å². The van der Waals surface area contributed by atoms with E-state index in [9.17, 15) is 14.3 Å². The standard InChI is InChI=1S/C18H15Cl2FN2O3/c19-10-2-1-9(6-11(10)20)23-18(25)16-13-7-12(24)17(26-13)15(16)8-3-4-22-14(21)5-8/h1-6,12-13,15-17,24H,7H2,(H,23,25). The van der Waals surface area contributed by atoms with Crippen molar-refractivity contribution >= 4 is 34.8 Å². The van der Waals surface area contributed by atoms with E-state index in [1.54, 1.807) is 24.3 Å². The summed E-state index contributed by atoms with van der Waals surface area (Å²) >= 11 is 11.9. The second kappa shape index (κ2) is 6.78. The number of aliphatic hydroxyl groups is 1. The van der Waals surface area contributed by atoms with Crippen LogP contribution < -0.4 is 5.32 Å². The maximum atomic E-state index is 13.6. The Bertz CT molecular complexity index is 866. The molecule has 3 heterocycles. The Hall–Kier alpha value is -1.73. The molecular formula is C18H15Cl2FN2O3. The lowest BCUT2D eigenvalue weighted by molar-refractivity contribution is -0.121. The van der Waals surface area contributed by atoms with Crippen LogP contribution >= 0.6 is 23.2 Å². The highest BCUT2D eigenvalue weighted by Gasteiger charge is 2.57. The number of carbonyl (C=O) groups excluding carboxylic acids is 1. The molecule has 5 unspecified atom stereocenters. The number of benzene rings is 1. The number of ether oxygens (including phenoxy) is 1. The molecule has 0 radical (unpaired) electrons. The molecule has 26 heavy (non-hydrogen) atoms. The van der Waals surface area contributed by atoms with Gasteiger partial charge < -0.3 is 15.2 Å². The maximum Gasteiger partial charge on any atom is 0.230 e. The van der Waals surface area contributed by atoms with E-state index in [1.807, 2.05) is 0 Å². The molecule has 8 heteroatoms. The largest absolute Gasteiger partial charge is 0.390 e. The van der Waals surface area contributed by atoms with Gasteiger partial charge in [-0.1, -0.05) is 23.2 Å². The summed E-state index contributed by atoms with van der Waals surface area (Å²) in [5, 5.41) is 13.7. The Kier molecular flexibility index (Phi) is 4.61. The lowest BCUT2D eigenvalue weighted by Crippen LogP contribution is -2.41. The molecule has 0 aliphatic carbocycles. The number of carbonyl (C=O) groups is 1. The van der Waals surface area contributed by atoms with E-state index in [0.29, 0.717) is 27.7 Å². The van der Waals surface area contributed by atoms with E-state index in [-0.39, 0.29) is 5.91 Å². The number of nitrogens with one attached hydrogen (secondary N) is 1. The summed E-state index contributed by atoms with van der Waals surface area (Å²) in [6.45, 7) is 0. The van der Waals surface area contributed by atoms with Crippen LogP contribution in [0.2, 0.25) is 10.0 Å². The number of halogens is 3. The van der Waals surface area contributed by atoms with E-state index >= 15 is 0 Å². The summed E-state index contributed by atoms with van der Waals surface area (Å²) in [6, 6.07) is 7.73. The van der Waals surface area contributed by atoms with Gasteiger partial charge >= 0.3 is 0 Å². The summed E-state index contributed by atoms with van der Waals surface area (Å²) in [4.78, 5) is 16.5. The van der Waals surface area contributed by atoms with Crippen molar-refractivity contribution in [2.45, 2.75) is 30.7 Å². The molecule has 2 fully saturated rings. The fraction of sp³-hybridized carbons (Fsp3) is 0.333. The number of nitrogens with zero attached hydrogens (tertiary/aromatic N) is 1. The van der Waals surface area contributed by atoms with Crippen molar-refractivity contribution in [3.05, 3.63) is 58.1 Å². The zero-order chi connectivity index (χ0) is 18.4. The van der Waals surface area contributed by atoms with E-state index in [0.717, 1.165) is 0 Å². The van der Waals surface area contributed by atoms with Gasteiger partial charge in [-0.05, 0) is 35.9 Å². The number of anilines is 1. The number of pyridine rings is 1. The van der Waals surface area contributed by atoms with E-state index in [4.69, 9.17) is 27.9 Å². The Morgan fingerprint density at radius 1 is 1.27 bits per heavy atom. The number of rotatable bonds is 3. The summed E-state index contributed by atoms with van der Waals surface area (Å²) in [7, 11) is 0. The van der Waals surface area contributed by atoms with Crippen LogP contribution in [0.25, 0.3) is 0 Å². The predicted octanol–water partition coefficient (Wildman–Crippen LogP) is 3.40. The van der Waals surface area contributed by atoms with Gasteiger partial charge in [0.05, 0.1) is 34.3 Å². The third kappa shape index (κ3) is 3.07. The molecule has 4 rings (SSSR count). The smallest absolute Gasteiger partial charge is 0.230 e. The molecular weight excluding hydrogens is 382 g/mol. The van der Waals surface area contributed by atoms with Gasteiger partial charge in [-0.3, -0.25) is 4.79 Å². The number of amides is 1. The Labute approximate surface area is 159 Å². The molecule has 2 saturated heterocycles. The zero-order valence-corrected chi connectivity index (χ0v) is 14.9. The van der Waals surface area contributed by atoms with Gasteiger partial charge in [-0.25, -0.2) is 4.98 Å². The van der Waals surface area contributed by atoms with Gasteiger partial charge in [0.25, 0.3) is 0 Å². The van der Waals surface area contributed by atoms with Gasteiger partial charge in [-0.15, -0.1) is 0 Å². The minimum absolute atomic E-state index is 0.273. The predicted molar refractivity (Wildman–Crippen MR) is 94.8 cm³/mol. The van der Waals surface area contributed by atoms with Crippen LogP contribution in [0.3, 0.4) is 0 Å². The highest BCUT2D eigenvalue weighted by Crippen LogP contribution is 2.49. The Morgan fingerprint density at radius 2 is 2.08 bits per heavy atom. The lowest BCUT2D eigenvalue weighted by Gasteiger charge is -2.30. The van der Waals surface area contributed by atoms with Gasteiger partial charge in [-0.2, -0.15) is 4.39 Å². The second-order valence-corrected chi connectivity index (χ2v) is 7.34. The van der Waals surface area contributed by atoms with Crippen molar-refractivity contribution < 1.29 is 19.0 Å². The molecule has 2 aromatic rings. The van der Waals surface area contributed by atoms with Crippen molar-refractivity contribution in [2.75, 3.05) is 5.32 Å². The third-order valence-electron chi connectivity index (χ3n) is 4.95. The monoisotopic (exact) mass is 396 g/mol. The highest BCUT2D eigenvalue weighted by molar-refractivity contribution is 6.42. The minimum Gasteiger partial charge on any atom is -0.390 e. The summed E-state index contributed by atoms with van der Waals surface area (Å²) < 4.78 is 19.4. The summed E-state index contributed by atoms with van der Waals surface area (Å²) in [5.41, 5.74) is 1.09. The molecule has 136 valence electrons. The third-order valence-corrected chi connectivity index (χ3v) is 5.69. The SMILES string of the molecule is O=C(Nc1ccc(Cl)c(Cl)c1)C1C2CC(O)C(O2)C1c1ccnc(F)c1. The fourth-order valence-corrected chi connectivity index (χ4v) is 4.16. The topological polar surface area (TPSA) is 71.5 Å². The van der Waals surface area contributed by atoms with Gasteiger partial charge in [0, 0.05) is 24.2 Å². The molecule has 2 aliphatic heterocycles. The van der Waals surface area contributed by atoms with Crippen molar-refractivity contribution in [2.24, 2.45) is 5.92 Å². The first-order chi connectivity index (χ1) is 12.4. The number of hydrogen-bond donors (Lipinski definition) is 2. The van der Waals surface area contributed by atoms with Crippen molar-refractivity contribution in [1.82, 2.24) is 4.98 Å². The normalized spacial score (nSPS) is 29.8. The van der Waals surface area contributed by atoms with Crippen LogP contribution in [-0.2, 0) is 9.53 Å². The van der Waals surface area contributed by atoms with Gasteiger partial charge in [0.1, 0.15) is 0 Å². The first kappa shape index (κ1) is 17.7. The molecule has 0 saturated carbocycles. The van der Waals surface area contributed by atoms with E-state index < -0.39 is 36.1 Å². The molecule has 2 aliphatic rings. The van der Waals surface area contributed by atoms with Crippen molar-refractivity contribution in [1.29, 1.82) is 0 Å². The molecule has 5 nitrogen and oxygen atoms in total. The molecule has 5 atom stereocenters. The maximum absolute atomic E-state index is 13.6. The second-order valence-electron chi connectivity index (χ2n) is 6.52. The molecule has 2 N–H and O–H groups in total. The molecule has 0 spiro atoms. The van der Waals surface area contributed by atoms with E-state index in [1.165, 1.54) is 12.3 Å². The molecule has 2 bridgehead atoms. The van der Waals surface area contributed by atoms with Crippen LogP contribution in [-0.4, -0.2) is 34.3 Å². The average molecular weight is 397 g/mol. The number of hydrogen-bond acceptors (Lipinski definition) is 4. The van der Waals surface area contributed by atoms with Crippen molar-refractivity contribution in [3.8, 4) is 0 Å². The first-order valence-electron chi connectivity index (χ1n) is 8.15. The summed E-state index contributed by atoms with van der Waals surface area (Å²) in [6.07, 6.45) is 0.0474. The highest BCUT2D eigenvalue weighted by atomic mass is 35.5. The Balaban J connectivity index is 1.62. The summed E-state index contributed by atoms with van der Waals surface area (Å²) in [5.74, 6) is -1.92. The van der Waals surface area contributed by atoms with E-state index in [2.05, 4.69) is 10.3 Å². The van der Waals surface area contributed by atoms with Crippen molar-refractivity contribution in [3.63, 3.8) is 0 Å². The average Bonchev–Trinajstić information content (AvgIpc) is 3.15. The minimum atomic E-state index is -0.685. The van der Waals surface area contributed by atoms with Gasteiger partial charge in [0.2, 0.25) is 11.9 Å². The Morgan fingerprint density at radius 3 is 2.81 bits per heavy atom. The van der Waals surface area contributed by atoms with Crippen LogP contribution in [0, 0.1) is 11.9 Å². The van der Waals surface area contributed by atoms with Crippen LogP contribution in [0.15, 0.2) is 36.5 Å². The quantitative estimate of drug-likeness (QED) is 0.779. The fourth-order valence-electron chi connectivity index (χ4n) is 3.86. The first-order valence-corrected chi connectivity index (χ1v) is 8.90.